The monoisotopic (exact) mass is 402 g/mol. The predicted molar refractivity (Wildman–Crippen MR) is 95.7 cm³/mol. The summed E-state index contributed by atoms with van der Waals surface area (Å²) in [5, 5.41) is 13.1. The molecule has 0 unspecified atom stereocenters. The second-order valence-corrected chi connectivity index (χ2v) is 5.97. The van der Waals surface area contributed by atoms with Crippen LogP contribution in [-0.2, 0) is 6.18 Å². The maximum atomic E-state index is 12.8. The van der Waals surface area contributed by atoms with Gasteiger partial charge in [0, 0.05) is 11.8 Å². The number of pyridine rings is 1. The molecule has 0 N–H and O–H groups in total. The van der Waals surface area contributed by atoms with Gasteiger partial charge in [-0.3, -0.25) is 4.79 Å². The van der Waals surface area contributed by atoms with Gasteiger partial charge in [-0.25, -0.2) is 9.67 Å². The molecule has 0 fully saturated rings. The number of carbonyl (C=O) groups is 1. The zero-order valence-electron chi connectivity index (χ0n) is 14.0. The summed E-state index contributed by atoms with van der Waals surface area (Å²) in [6.45, 7) is 0. The molecule has 2 aromatic heterocycles. The van der Waals surface area contributed by atoms with E-state index >= 15 is 0 Å². The van der Waals surface area contributed by atoms with Gasteiger partial charge in [0.25, 0.3) is 0 Å². The number of Topliss-reactive ketones (excluding diaryl/α,β-unsaturated/α-hetero) is 1. The topological polar surface area (TPSA) is 71.6 Å². The van der Waals surface area contributed by atoms with Gasteiger partial charge in [-0.15, -0.1) is 0 Å². The number of alkyl halides is 3. The van der Waals surface area contributed by atoms with E-state index in [0.29, 0.717) is 11.8 Å². The molecule has 0 aliphatic heterocycles. The molecule has 0 bridgehead atoms. The summed E-state index contributed by atoms with van der Waals surface area (Å²) in [5.41, 5.74) is -0.583. The van der Waals surface area contributed by atoms with Gasteiger partial charge in [0.05, 0.1) is 22.5 Å². The Bertz CT molecular complexity index is 1100. The fourth-order valence-electron chi connectivity index (χ4n) is 2.38. The number of hydrogen-bond donors (Lipinski definition) is 0. The highest BCUT2D eigenvalue weighted by molar-refractivity contribution is 6.32. The second-order valence-electron chi connectivity index (χ2n) is 5.56. The molecule has 0 radical (unpaired) electrons. The standard InChI is InChI=1S/C19H10ClF3N4O/c20-16-9-14(19(21,22)23)11-25-18(16)27-15(6-7-26-27)8-13(10-24)17(28)12-4-2-1-3-5-12/h1-9,11H/b13-8+. The first-order chi connectivity index (χ1) is 13.3. The van der Waals surface area contributed by atoms with Gasteiger partial charge >= 0.3 is 6.18 Å². The molecule has 3 rings (SSSR count). The van der Waals surface area contributed by atoms with Gasteiger partial charge in [0.15, 0.2) is 5.82 Å². The van der Waals surface area contributed by atoms with Gasteiger partial charge in [0.1, 0.15) is 11.6 Å². The Morgan fingerprint density at radius 3 is 2.54 bits per heavy atom. The lowest BCUT2D eigenvalue weighted by Crippen LogP contribution is -2.09. The number of rotatable bonds is 4. The molecular formula is C19H10ClF3N4O. The summed E-state index contributed by atoms with van der Waals surface area (Å²) in [7, 11) is 0. The largest absolute Gasteiger partial charge is 0.417 e. The Labute approximate surface area is 162 Å². The van der Waals surface area contributed by atoms with Crippen LogP contribution in [-0.4, -0.2) is 20.5 Å². The Hall–Kier alpha value is -3.44. The van der Waals surface area contributed by atoms with Crippen LogP contribution in [0.2, 0.25) is 5.02 Å². The summed E-state index contributed by atoms with van der Waals surface area (Å²) in [6.07, 6.45) is -1.32. The minimum absolute atomic E-state index is 0.0598. The van der Waals surface area contributed by atoms with E-state index in [0.717, 1.165) is 10.7 Å². The highest BCUT2D eigenvalue weighted by Crippen LogP contribution is 2.32. The van der Waals surface area contributed by atoms with Crippen molar-refractivity contribution in [2.75, 3.05) is 0 Å². The first kappa shape index (κ1) is 19.3. The molecule has 0 saturated carbocycles. The Kier molecular flexibility index (Phi) is 5.29. The number of ketones is 1. The number of nitriles is 1. The molecule has 2 heterocycles. The van der Waals surface area contributed by atoms with E-state index in [4.69, 9.17) is 11.6 Å². The number of benzene rings is 1. The predicted octanol–water partition coefficient (Wildman–Crippen LogP) is 4.73. The summed E-state index contributed by atoms with van der Waals surface area (Å²) in [6, 6.07) is 12.2. The van der Waals surface area contributed by atoms with Crippen molar-refractivity contribution < 1.29 is 18.0 Å². The summed E-state index contributed by atoms with van der Waals surface area (Å²) < 4.78 is 39.5. The molecule has 140 valence electrons. The molecule has 0 atom stereocenters. The lowest BCUT2D eigenvalue weighted by Gasteiger charge is -2.10. The van der Waals surface area contributed by atoms with Crippen LogP contribution in [0.25, 0.3) is 11.9 Å². The van der Waals surface area contributed by atoms with Crippen molar-refractivity contribution in [3.8, 4) is 11.9 Å². The van der Waals surface area contributed by atoms with Crippen molar-refractivity contribution in [3.63, 3.8) is 0 Å². The maximum Gasteiger partial charge on any atom is 0.417 e. The van der Waals surface area contributed by atoms with Gasteiger partial charge in [0.2, 0.25) is 5.78 Å². The van der Waals surface area contributed by atoms with E-state index < -0.39 is 17.5 Å². The number of allylic oxidation sites excluding steroid dienone is 1. The highest BCUT2D eigenvalue weighted by atomic mass is 35.5. The van der Waals surface area contributed by atoms with Crippen LogP contribution in [0.1, 0.15) is 21.6 Å². The molecule has 0 spiro atoms. The second kappa shape index (κ2) is 7.66. The maximum absolute atomic E-state index is 12.8. The summed E-state index contributed by atoms with van der Waals surface area (Å²) in [4.78, 5) is 16.2. The highest BCUT2D eigenvalue weighted by Gasteiger charge is 2.32. The molecule has 0 saturated heterocycles. The third-order valence-corrected chi connectivity index (χ3v) is 3.99. The smallest absolute Gasteiger partial charge is 0.288 e. The Morgan fingerprint density at radius 2 is 1.93 bits per heavy atom. The van der Waals surface area contributed by atoms with E-state index in [2.05, 4.69) is 10.1 Å². The minimum Gasteiger partial charge on any atom is -0.288 e. The Balaban J connectivity index is 2.01. The van der Waals surface area contributed by atoms with Gasteiger partial charge in [-0.2, -0.15) is 23.5 Å². The Morgan fingerprint density at radius 1 is 1.21 bits per heavy atom. The van der Waals surface area contributed by atoms with Gasteiger partial charge < -0.3 is 0 Å². The van der Waals surface area contributed by atoms with Crippen LogP contribution in [0.5, 0.6) is 0 Å². The zero-order chi connectivity index (χ0) is 20.3. The summed E-state index contributed by atoms with van der Waals surface area (Å²) >= 11 is 5.95. The molecular weight excluding hydrogens is 393 g/mol. The third-order valence-electron chi connectivity index (χ3n) is 3.71. The van der Waals surface area contributed by atoms with Crippen LogP contribution in [0.4, 0.5) is 13.2 Å². The number of carbonyl (C=O) groups excluding carboxylic acids is 1. The fraction of sp³-hybridized carbons (Fsp3) is 0.0526. The quantitative estimate of drug-likeness (QED) is 0.359. The molecule has 9 heteroatoms. The van der Waals surface area contributed by atoms with Gasteiger partial charge in [-0.1, -0.05) is 41.9 Å². The number of hydrogen-bond acceptors (Lipinski definition) is 4. The van der Waals surface area contributed by atoms with E-state index in [-0.39, 0.29) is 22.1 Å². The van der Waals surface area contributed by atoms with Crippen molar-refractivity contribution in [3.05, 3.63) is 82.3 Å². The average Bonchev–Trinajstić information content (AvgIpc) is 3.13. The van der Waals surface area contributed by atoms with E-state index in [1.54, 1.807) is 30.3 Å². The van der Waals surface area contributed by atoms with Crippen LogP contribution >= 0.6 is 11.6 Å². The normalized spacial score (nSPS) is 11.9. The van der Waals surface area contributed by atoms with Crippen LogP contribution in [0.3, 0.4) is 0 Å². The first-order valence-electron chi connectivity index (χ1n) is 7.80. The van der Waals surface area contributed by atoms with Crippen molar-refractivity contribution in [1.82, 2.24) is 14.8 Å². The van der Waals surface area contributed by atoms with E-state index in [1.807, 2.05) is 6.07 Å². The zero-order valence-corrected chi connectivity index (χ0v) is 14.7. The lowest BCUT2D eigenvalue weighted by molar-refractivity contribution is -0.137. The van der Waals surface area contributed by atoms with Crippen LogP contribution in [0.15, 0.2) is 60.4 Å². The lowest BCUT2D eigenvalue weighted by atomic mass is 10.0. The molecule has 0 amide bonds. The van der Waals surface area contributed by atoms with Crippen LogP contribution < -0.4 is 0 Å². The third kappa shape index (κ3) is 3.94. The van der Waals surface area contributed by atoms with Crippen molar-refractivity contribution >= 4 is 23.5 Å². The first-order valence-corrected chi connectivity index (χ1v) is 8.17. The SMILES string of the molecule is N#C/C(=C\c1ccnn1-c1ncc(C(F)(F)F)cc1Cl)C(=O)c1ccccc1. The fourth-order valence-corrected chi connectivity index (χ4v) is 2.63. The van der Waals surface area contributed by atoms with Crippen molar-refractivity contribution in [1.29, 1.82) is 5.26 Å². The number of nitrogens with zero attached hydrogens (tertiary/aromatic N) is 4. The van der Waals surface area contributed by atoms with E-state index in [1.165, 1.54) is 18.3 Å². The number of aromatic nitrogens is 3. The number of halogens is 4. The van der Waals surface area contributed by atoms with Crippen molar-refractivity contribution in [2.45, 2.75) is 6.18 Å². The molecule has 0 aliphatic carbocycles. The molecule has 3 aromatic rings. The minimum atomic E-state index is -4.59. The van der Waals surface area contributed by atoms with E-state index in [9.17, 15) is 23.2 Å². The summed E-state index contributed by atoms with van der Waals surface area (Å²) in [5.74, 6) is -0.558. The molecule has 28 heavy (non-hydrogen) atoms. The molecule has 5 nitrogen and oxygen atoms in total. The molecule has 0 aliphatic rings. The van der Waals surface area contributed by atoms with Crippen LogP contribution in [0, 0.1) is 11.3 Å². The average molecular weight is 403 g/mol. The van der Waals surface area contributed by atoms with Gasteiger partial charge in [-0.05, 0) is 18.2 Å². The van der Waals surface area contributed by atoms with Crippen molar-refractivity contribution in [2.24, 2.45) is 0 Å². The molecule has 1 aromatic carbocycles.